The van der Waals surface area contributed by atoms with Crippen LogP contribution in [0.4, 0.5) is 0 Å². The van der Waals surface area contributed by atoms with Crippen LogP contribution in [0.3, 0.4) is 0 Å². The molecule has 0 aromatic rings. The van der Waals surface area contributed by atoms with Gasteiger partial charge in [0.2, 0.25) is 0 Å². The van der Waals surface area contributed by atoms with E-state index in [1.807, 2.05) is 0 Å². The molecule has 46 valence electrons. The van der Waals surface area contributed by atoms with Crippen LogP contribution in [0, 0.1) is 0 Å². The SMILES string of the molecule is Cl.NC(Cl)(Cl)CCl. The standard InChI is InChI=1S/C2H4Cl3N.ClH/c3-1-2(4,5)6;/h1,6H2;1H. The zero-order valence-corrected chi connectivity index (χ0v) is 6.41. The molecule has 0 aromatic carbocycles. The van der Waals surface area contributed by atoms with Crippen LogP contribution in [0.15, 0.2) is 0 Å². The normalized spacial score (nSPS) is 10.3. The predicted octanol–water partition coefficient (Wildman–Crippen LogP) is 1.74. The second kappa shape index (κ2) is 4.04. The third-order valence-electron chi connectivity index (χ3n) is 0.178. The van der Waals surface area contributed by atoms with E-state index in [1.165, 1.54) is 0 Å². The largest absolute Gasteiger partial charge is 0.299 e. The summed E-state index contributed by atoms with van der Waals surface area (Å²) in [5.74, 6) is 0.0517. The van der Waals surface area contributed by atoms with Gasteiger partial charge in [0.25, 0.3) is 0 Å². The van der Waals surface area contributed by atoms with Gasteiger partial charge >= 0.3 is 0 Å². The van der Waals surface area contributed by atoms with Crippen LogP contribution < -0.4 is 5.73 Å². The Kier molecular flexibility index (Phi) is 6.35. The van der Waals surface area contributed by atoms with Gasteiger partial charge in [-0.15, -0.1) is 24.0 Å². The summed E-state index contributed by atoms with van der Waals surface area (Å²) in [6.07, 6.45) is 0. The molecule has 7 heavy (non-hydrogen) atoms. The van der Waals surface area contributed by atoms with E-state index in [0.29, 0.717) is 0 Å². The van der Waals surface area contributed by atoms with Crippen LogP contribution >= 0.6 is 47.2 Å². The summed E-state index contributed by atoms with van der Waals surface area (Å²) < 4.78 is -1.25. The fourth-order valence-corrected chi connectivity index (χ4v) is 0. The molecule has 0 saturated heterocycles. The van der Waals surface area contributed by atoms with Crippen molar-refractivity contribution in [2.75, 3.05) is 5.88 Å². The highest BCUT2D eigenvalue weighted by Gasteiger charge is 2.12. The molecule has 0 aliphatic heterocycles. The number of halogens is 4. The van der Waals surface area contributed by atoms with Crippen molar-refractivity contribution < 1.29 is 0 Å². The molecule has 0 bridgehead atoms. The van der Waals surface area contributed by atoms with Crippen molar-refractivity contribution in [3.05, 3.63) is 0 Å². The summed E-state index contributed by atoms with van der Waals surface area (Å²) in [5.41, 5.74) is 4.93. The van der Waals surface area contributed by atoms with Crippen LogP contribution in [0.1, 0.15) is 0 Å². The molecule has 0 spiro atoms. The van der Waals surface area contributed by atoms with Gasteiger partial charge in [0.1, 0.15) is 0 Å². The maximum atomic E-state index is 5.13. The van der Waals surface area contributed by atoms with E-state index in [9.17, 15) is 0 Å². The highest BCUT2D eigenvalue weighted by molar-refractivity contribution is 6.50. The number of alkyl halides is 3. The van der Waals surface area contributed by atoms with Crippen molar-refractivity contribution >= 4 is 47.2 Å². The Hall–Kier alpha value is 1.12. The fraction of sp³-hybridized carbons (Fsp3) is 1.00. The van der Waals surface area contributed by atoms with E-state index < -0.39 is 4.46 Å². The van der Waals surface area contributed by atoms with Gasteiger partial charge in [0.15, 0.2) is 4.46 Å². The lowest BCUT2D eigenvalue weighted by atomic mass is 10.8. The van der Waals surface area contributed by atoms with Crippen molar-refractivity contribution in [1.29, 1.82) is 0 Å². The molecule has 0 aliphatic carbocycles. The number of hydrogen-bond acceptors (Lipinski definition) is 1. The quantitative estimate of drug-likeness (QED) is 0.488. The Balaban J connectivity index is 0. The maximum absolute atomic E-state index is 5.13. The van der Waals surface area contributed by atoms with E-state index in [1.54, 1.807) is 0 Å². The smallest absolute Gasteiger partial charge is 0.179 e. The van der Waals surface area contributed by atoms with E-state index in [4.69, 9.17) is 40.5 Å². The van der Waals surface area contributed by atoms with E-state index in [-0.39, 0.29) is 18.3 Å². The van der Waals surface area contributed by atoms with Gasteiger partial charge in [-0.2, -0.15) is 0 Å². The molecule has 0 aromatic heterocycles. The second-order valence-electron chi connectivity index (χ2n) is 0.895. The van der Waals surface area contributed by atoms with Gasteiger partial charge < -0.3 is 0 Å². The van der Waals surface area contributed by atoms with Gasteiger partial charge in [0, 0.05) is 0 Å². The highest BCUT2D eigenvalue weighted by Crippen LogP contribution is 2.13. The van der Waals surface area contributed by atoms with Gasteiger partial charge in [0.05, 0.1) is 5.88 Å². The Morgan fingerprint density at radius 2 is 1.57 bits per heavy atom. The molecule has 0 unspecified atom stereocenters. The predicted molar refractivity (Wildman–Crippen MR) is 36.6 cm³/mol. The molecule has 0 heterocycles. The molecule has 0 fully saturated rings. The molecule has 0 rings (SSSR count). The Morgan fingerprint density at radius 3 is 1.57 bits per heavy atom. The molecule has 0 radical (unpaired) electrons. The maximum Gasteiger partial charge on any atom is 0.179 e. The molecule has 2 N–H and O–H groups in total. The molecular weight excluding hydrogens is 180 g/mol. The first-order chi connectivity index (χ1) is 2.56. The first-order valence-corrected chi connectivity index (χ1v) is 2.58. The average molecular weight is 185 g/mol. The summed E-state index contributed by atoms with van der Waals surface area (Å²) in [5, 5.41) is 0. The number of rotatable bonds is 1. The van der Waals surface area contributed by atoms with Crippen LogP contribution in [0.5, 0.6) is 0 Å². The lowest BCUT2D eigenvalue weighted by Gasteiger charge is -2.04. The molecular formula is C2H5Cl4N. The number of nitrogens with two attached hydrogens (primary N) is 1. The van der Waals surface area contributed by atoms with Crippen molar-refractivity contribution in [2.24, 2.45) is 5.73 Å². The number of hydrogen-bond donors (Lipinski definition) is 1. The molecule has 1 nitrogen and oxygen atoms in total. The zero-order valence-electron chi connectivity index (χ0n) is 3.33. The van der Waals surface area contributed by atoms with Crippen LogP contribution in [0.25, 0.3) is 0 Å². The lowest BCUT2D eigenvalue weighted by Crippen LogP contribution is -2.26. The monoisotopic (exact) mass is 183 g/mol. The van der Waals surface area contributed by atoms with Crippen LogP contribution in [0.2, 0.25) is 0 Å². The highest BCUT2D eigenvalue weighted by atomic mass is 35.5. The molecule has 0 aliphatic rings. The van der Waals surface area contributed by atoms with Gasteiger partial charge in [-0.1, -0.05) is 23.2 Å². The molecule has 5 heteroatoms. The topological polar surface area (TPSA) is 26.0 Å². The first kappa shape index (κ1) is 11.0. The van der Waals surface area contributed by atoms with Crippen molar-refractivity contribution in [3.63, 3.8) is 0 Å². The van der Waals surface area contributed by atoms with E-state index >= 15 is 0 Å². The van der Waals surface area contributed by atoms with Gasteiger partial charge in [-0.25, -0.2) is 0 Å². The third-order valence-corrected chi connectivity index (χ3v) is 1.14. The molecule has 0 saturated carbocycles. The third kappa shape index (κ3) is 11.0. The summed E-state index contributed by atoms with van der Waals surface area (Å²) >= 11 is 15.3. The first-order valence-electron chi connectivity index (χ1n) is 1.29. The second-order valence-corrected chi connectivity index (χ2v) is 2.70. The van der Waals surface area contributed by atoms with Crippen LogP contribution in [-0.2, 0) is 0 Å². The Bertz CT molecular complexity index is 39.4. The Morgan fingerprint density at radius 1 is 1.43 bits per heavy atom. The van der Waals surface area contributed by atoms with Crippen molar-refractivity contribution in [1.82, 2.24) is 0 Å². The minimum Gasteiger partial charge on any atom is -0.299 e. The summed E-state index contributed by atoms with van der Waals surface area (Å²) in [6.45, 7) is 0. The summed E-state index contributed by atoms with van der Waals surface area (Å²) in [6, 6.07) is 0. The fourth-order valence-electron chi connectivity index (χ4n) is 0. The zero-order chi connectivity index (χ0) is 5.21. The van der Waals surface area contributed by atoms with E-state index in [0.717, 1.165) is 0 Å². The lowest BCUT2D eigenvalue weighted by molar-refractivity contribution is 0.944. The minimum absolute atomic E-state index is 0. The van der Waals surface area contributed by atoms with Gasteiger partial charge in [-0.3, -0.25) is 5.73 Å². The Labute approximate surface area is 63.5 Å². The molecule has 0 amide bonds. The molecule has 0 atom stereocenters. The van der Waals surface area contributed by atoms with Crippen molar-refractivity contribution in [3.8, 4) is 0 Å². The van der Waals surface area contributed by atoms with Crippen LogP contribution in [-0.4, -0.2) is 10.3 Å². The summed E-state index contributed by atoms with van der Waals surface area (Å²) in [7, 11) is 0. The minimum atomic E-state index is -1.25. The van der Waals surface area contributed by atoms with Gasteiger partial charge in [-0.05, 0) is 0 Å². The van der Waals surface area contributed by atoms with E-state index in [2.05, 4.69) is 0 Å². The van der Waals surface area contributed by atoms with Crippen molar-refractivity contribution in [2.45, 2.75) is 4.46 Å². The summed E-state index contributed by atoms with van der Waals surface area (Å²) in [4.78, 5) is 0. The average Bonchev–Trinajstić information content (AvgIpc) is 1.35.